The maximum absolute atomic E-state index is 12.7. The highest BCUT2D eigenvalue weighted by Gasteiger charge is 2.71. The van der Waals surface area contributed by atoms with Gasteiger partial charge in [-0.1, -0.05) is 6.42 Å². The third kappa shape index (κ3) is 1.21. The fraction of sp³-hybridized carbons (Fsp3) is 0.800. The van der Waals surface area contributed by atoms with Crippen LogP contribution in [-0.4, -0.2) is 52.6 Å². The molecule has 0 aromatic carbocycles. The van der Waals surface area contributed by atoms with Gasteiger partial charge >= 0.3 is 0 Å². The Balaban J connectivity index is 1.87. The van der Waals surface area contributed by atoms with E-state index >= 15 is 0 Å². The Bertz CT molecular complexity index is 517. The molecule has 1 spiro atoms. The zero-order valence-electron chi connectivity index (χ0n) is 11.8. The topological polar surface area (TPSA) is 57.7 Å². The number of amides is 2. The normalized spacial score (nSPS) is 44.5. The highest BCUT2D eigenvalue weighted by molar-refractivity contribution is 6.10. The average molecular weight is 276 g/mol. The van der Waals surface area contributed by atoms with Gasteiger partial charge in [0.1, 0.15) is 0 Å². The first-order valence-electron chi connectivity index (χ1n) is 7.70. The first-order chi connectivity index (χ1) is 9.59. The van der Waals surface area contributed by atoms with E-state index in [1.807, 2.05) is 0 Å². The van der Waals surface area contributed by atoms with Gasteiger partial charge in [-0.05, 0) is 32.2 Å². The Kier molecular flexibility index (Phi) is 2.44. The third-order valence-corrected chi connectivity index (χ3v) is 6.01. The second-order valence-corrected chi connectivity index (χ2v) is 6.70. The smallest absolute Gasteiger partial charge is 0.235 e. The fourth-order valence-corrected chi connectivity index (χ4v) is 5.23. The molecule has 1 saturated carbocycles. The minimum Gasteiger partial charge on any atom is -0.298 e. The summed E-state index contributed by atoms with van der Waals surface area (Å²) >= 11 is 0. The van der Waals surface area contributed by atoms with Crippen LogP contribution in [0.3, 0.4) is 0 Å². The molecule has 3 heterocycles. The van der Waals surface area contributed by atoms with Crippen LogP contribution in [0.5, 0.6) is 0 Å². The Labute approximate surface area is 118 Å². The van der Waals surface area contributed by atoms with Gasteiger partial charge in [-0.15, -0.1) is 0 Å². The van der Waals surface area contributed by atoms with Crippen LogP contribution in [0.25, 0.3) is 0 Å². The molecule has 0 radical (unpaired) electrons. The van der Waals surface area contributed by atoms with Crippen LogP contribution in [0.4, 0.5) is 0 Å². The largest absolute Gasteiger partial charge is 0.298 e. The molecule has 4 aliphatic rings. The molecule has 4 rings (SSSR count). The first kappa shape index (κ1) is 12.5. The second kappa shape index (κ2) is 3.91. The first-order valence-corrected chi connectivity index (χ1v) is 7.70. The van der Waals surface area contributed by atoms with Gasteiger partial charge in [0.05, 0.1) is 17.4 Å². The minimum atomic E-state index is -0.651. The van der Waals surface area contributed by atoms with E-state index in [4.69, 9.17) is 0 Å². The zero-order valence-corrected chi connectivity index (χ0v) is 11.8. The molecule has 108 valence electrons. The molecule has 0 aromatic heterocycles. The van der Waals surface area contributed by atoms with E-state index in [2.05, 4.69) is 4.90 Å². The summed E-state index contributed by atoms with van der Waals surface area (Å²) in [5.41, 5.74) is -0.651. The lowest BCUT2D eigenvalue weighted by molar-refractivity contribution is -0.146. The number of Topliss-reactive ketones (excluding diaryl/α,β-unsaturated/α-hetero) is 1. The van der Waals surface area contributed by atoms with Crippen LogP contribution in [0.2, 0.25) is 0 Å². The number of likely N-dealkylation sites (tertiary alicyclic amines) is 1. The number of carbonyl (C=O) groups is 3. The van der Waals surface area contributed by atoms with Crippen molar-refractivity contribution in [1.82, 2.24) is 9.80 Å². The Hall–Kier alpha value is -1.23. The number of rotatable bonds is 0. The molecule has 4 atom stereocenters. The number of hydrogen-bond donors (Lipinski definition) is 0. The quantitative estimate of drug-likeness (QED) is 0.607. The van der Waals surface area contributed by atoms with Gasteiger partial charge in [-0.25, -0.2) is 0 Å². The molecular formula is C15H20N2O3. The van der Waals surface area contributed by atoms with Crippen molar-refractivity contribution < 1.29 is 14.4 Å². The van der Waals surface area contributed by atoms with Crippen molar-refractivity contribution in [2.75, 3.05) is 13.6 Å². The predicted molar refractivity (Wildman–Crippen MR) is 70.7 cm³/mol. The average Bonchev–Trinajstić information content (AvgIpc) is 3.06. The van der Waals surface area contributed by atoms with Gasteiger partial charge in [-0.3, -0.25) is 24.2 Å². The summed E-state index contributed by atoms with van der Waals surface area (Å²) < 4.78 is 0. The number of carbonyl (C=O) groups excluding carboxylic acids is 3. The van der Waals surface area contributed by atoms with Crippen molar-refractivity contribution >= 4 is 17.6 Å². The lowest BCUT2D eigenvalue weighted by Crippen LogP contribution is -2.58. The fourth-order valence-electron chi connectivity index (χ4n) is 5.23. The number of nitrogens with zero attached hydrogens (tertiary/aromatic N) is 2. The Morgan fingerprint density at radius 1 is 1.10 bits per heavy atom. The molecule has 3 aliphatic heterocycles. The molecule has 5 heteroatoms. The van der Waals surface area contributed by atoms with Gasteiger partial charge in [0.25, 0.3) is 0 Å². The summed E-state index contributed by atoms with van der Waals surface area (Å²) in [5.74, 6) is -0.647. The summed E-state index contributed by atoms with van der Waals surface area (Å²) in [6, 6.07) is 0.114. The molecular weight excluding hydrogens is 256 g/mol. The van der Waals surface area contributed by atoms with Gasteiger partial charge in [0, 0.05) is 19.5 Å². The van der Waals surface area contributed by atoms with Crippen LogP contribution in [0, 0.1) is 11.8 Å². The van der Waals surface area contributed by atoms with E-state index in [1.165, 1.54) is 4.90 Å². The van der Waals surface area contributed by atoms with E-state index in [0.29, 0.717) is 6.42 Å². The van der Waals surface area contributed by atoms with E-state index in [9.17, 15) is 14.4 Å². The van der Waals surface area contributed by atoms with E-state index < -0.39 is 11.5 Å². The molecule has 0 bridgehead atoms. The van der Waals surface area contributed by atoms with Crippen LogP contribution < -0.4 is 0 Å². The minimum absolute atomic E-state index is 0.0628. The number of hydrogen-bond acceptors (Lipinski definition) is 4. The SMILES string of the molecule is CN1C(=O)[C@H]2[C@@H](C1=O)[C@@]1(CCCCC1=O)N1CCC[C@@H]21. The maximum Gasteiger partial charge on any atom is 0.235 e. The molecule has 0 N–H and O–H groups in total. The summed E-state index contributed by atoms with van der Waals surface area (Å²) in [5, 5.41) is 0. The van der Waals surface area contributed by atoms with Gasteiger partial charge in [-0.2, -0.15) is 0 Å². The monoisotopic (exact) mass is 276 g/mol. The lowest BCUT2D eigenvalue weighted by atomic mass is 9.70. The lowest BCUT2D eigenvalue weighted by Gasteiger charge is -2.42. The van der Waals surface area contributed by atoms with Crippen LogP contribution >= 0.6 is 0 Å². The van der Waals surface area contributed by atoms with Gasteiger partial charge in [0.15, 0.2) is 5.78 Å². The molecule has 0 aromatic rings. The van der Waals surface area contributed by atoms with Gasteiger partial charge < -0.3 is 0 Å². The number of imide groups is 1. The summed E-state index contributed by atoms with van der Waals surface area (Å²) in [6.45, 7) is 0.869. The van der Waals surface area contributed by atoms with Crippen LogP contribution in [0.1, 0.15) is 38.5 Å². The molecule has 20 heavy (non-hydrogen) atoms. The van der Waals surface area contributed by atoms with Crippen LogP contribution in [0.15, 0.2) is 0 Å². The molecule has 2 amide bonds. The predicted octanol–water partition coefficient (Wildman–Crippen LogP) is 0.577. The third-order valence-electron chi connectivity index (χ3n) is 6.01. The molecule has 3 saturated heterocycles. The van der Waals surface area contributed by atoms with E-state index in [-0.39, 0.29) is 29.6 Å². The number of ketones is 1. The highest BCUT2D eigenvalue weighted by atomic mass is 16.2. The van der Waals surface area contributed by atoms with Gasteiger partial charge in [0.2, 0.25) is 11.8 Å². The summed E-state index contributed by atoms with van der Waals surface area (Å²) in [4.78, 5) is 41.3. The Morgan fingerprint density at radius 3 is 2.65 bits per heavy atom. The van der Waals surface area contributed by atoms with Crippen molar-refractivity contribution in [3.63, 3.8) is 0 Å². The highest BCUT2D eigenvalue weighted by Crippen LogP contribution is 2.55. The van der Waals surface area contributed by atoms with Crippen molar-refractivity contribution in [3.05, 3.63) is 0 Å². The summed E-state index contributed by atoms with van der Waals surface area (Å²) in [7, 11) is 1.57. The molecule has 0 unspecified atom stereocenters. The van der Waals surface area contributed by atoms with Crippen molar-refractivity contribution in [2.45, 2.75) is 50.1 Å². The van der Waals surface area contributed by atoms with Crippen LogP contribution in [-0.2, 0) is 14.4 Å². The van der Waals surface area contributed by atoms with Crippen molar-refractivity contribution in [2.24, 2.45) is 11.8 Å². The molecule has 5 nitrogen and oxygen atoms in total. The van der Waals surface area contributed by atoms with E-state index in [0.717, 1.165) is 38.6 Å². The van der Waals surface area contributed by atoms with Crippen molar-refractivity contribution in [3.8, 4) is 0 Å². The zero-order chi connectivity index (χ0) is 14.1. The molecule has 4 fully saturated rings. The second-order valence-electron chi connectivity index (χ2n) is 6.70. The standard InChI is InChI=1S/C15H20N2O3/c1-16-13(19)11-9-5-4-8-17(9)15(12(11)14(16)20)7-3-2-6-10(15)18/h9,11-12H,2-8H2,1H3/t9-,11+,12-,15-/m0/s1. The van der Waals surface area contributed by atoms with E-state index in [1.54, 1.807) is 7.05 Å². The molecule has 1 aliphatic carbocycles. The summed E-state index contributed by atoms with van der Waals surface area (Å²) in [6.07, 6.45) is 5.23. The maximum atomic E-state index is 12.7. The number of fused-ring (bicyclic) bond motifs is 5. The Morgan fingerprint density at radius 2 is 1.90 bits per heavy atom. The van der Waals surface area contributed by atoms with Crippen molar-refractivity contribution in [1.29, 1.82) is 0 Å².